The monoisotopic (exact) mass is 280 g/mol. The van der Waals surface area contributed by atoms with Gasteiger partial charge in [-0.1, -0.05) is 11.6 Å². The van der Waals surface area contributed by atoms with Crippen LogP contribution < -0.4 is 5.32 Å². The van der Waals surface area contributed by atoms with Crippen LogP contribution in [-0.2, 0) is 9.53 Å². The van der Waals surface area contributed by atoms with Crippen LogP contribution in [0.3, 0.4) is 0 Å². The third-order valence-corrected chi connectivity index (χ3v) is 4.39. The van der Waals surface area contributed by atoms with Gasteiger partial charge in [0.05, 0.1) is 12.6 Å². The topological polar surface area (TPSA) is 41.6 Å². The average Bonchev–Trinajstić information content (AvgIpc) is 2.49. The number of carbonyl (C=O) groups is 1. The van der Waals surface area contributed by atoms with Crippen LogP contribution in [0.25, 0.3) is 0 Å². The van der Waals surface area contributed by atoms with Gasteiger partial charge in [0.25, 0.3) is 0 Å². The van der Waals surface area contributed by atoms with Gasteiger partial charge < -0.3 is 10.1 Å². The Hall–Kier alpha value is -0.870. The van der Waals surface area contributed by atoms with Crippen LogP contribution in [-0.4, -0.2) is 50.2 Å². The van der Waals surface area contributed by atoms with Gasteiger partial charge in [0.15, 0.2) is 0 Å². The molecule has 0 aromatic rings. The molecule has 0 unspecified atom stereocenters. The first-order chi connectivity index (χ1) is 9.78. The summed E-state index contributed by atoms with van der Waals surface area (Å²) in [4.78, 5) is 14.1. The van der Waals surface area contributed by atoms with Gasteiger partial charge in [0.1, 0.15) is 0 Å². The average molecular weight is 280 g/mol. The Morgan fingerprint density at radius 1 is 1.40 bits per heavy atom. The summed E-state index contributed by atoms with van der Waals surface area (Å²) in [5, 5.41) is 3.05. The van der Waals surface area contributed by atoms with Crippen LogP contribution in [0.2, 0.25) is 0 Å². The number of ether oxygens (including phenoxy) is 1. The number of amides is 1. The van der Waals surface area contributed by atoms with E-state index in [4.69, 9.17) is 4.74 Å². The van der Waals surface area contributed by atoms with Crippen molar-refractivity contribution < 1.29 is 9.53 Å². The molecule has 0 aromatic heterocycles. The van der Waals surface area contributed by atoms with Crippen molar-refractivity contribution >= 4 is 5.91 Å². The lowest BCUT2D eigenvalue weighted by Gasteiger charge is -2.30. The molecule has 1 N–H and O–H groups in total. The molecule has 0 saturated carbocycles. The number of nitrogens with zero attached hydrogens (tertiary/aromatic N) is 1. The largest absolute Gasteiger partial charge is 0.381 e. The molecule has 1 aliphatic carbocycles. The second-order valence-corrected chi connectivity index (χ2v) is 5.92. The van der Waals surface area contributed by atoms with Crippen molar-refractivity contribution in [1.82, 2.24) is 10.2 Å². The molecule has 1 aliphatic heterocycles. The summed E-state index contributed by atoms with van der Waals surface area (Å²) < 4.78 is 5.34. The Bertz CT molecular complexity index is 333. The predicted octanol–water partition coefficient (Wildman–Crippen LogP) is 2.10. The summed E-state index contributed by atoms with van der Waals surface area (Å²) in [6.45, 7) is 3.27. The van der Waals surface area contributed by atoms with E-state index in [2.05, 4.69) is 16.3 Å². The second kappa shape index (κ2) is 8.42. The summed E-state index contributed by atoms with van der Waals surface area (Å²) in [6, 6.07) is 0. The molecule has 0 spiro atoms. The maximum absolute atomic E-state index is 11.9. The van der Waals surface area contributed by atoms with E-state index in [0.717, 1.165) is 38.9 Å². The molecule has 20 heavy (non-hydrogen) atoms. The molecule has 1 heterocycles. The van der Waals surface area contributed by atoms with Gasteiger partial charge >= 0.3 is 0 Å². The zero-order valence-corrected chi connectivity index (χ0v) is 12.7. The Morgan fingerprint density at radius 2 is 2.20 bits per heavy atom. The molecular formula is C16H28N2O2. The van der Waals surface area contributed by atoms with Crippen molar-refractivity contribution in [2.24, 2.45) is 0 Å². The fraction of sp³-hybridized carbons (Fsp3) is 0.812. The Labute approximate surface area is 122 Å². The lowest BCUT2D eigenvalue weighted by Crippen LogP contribution is -2.43. The minimum atomic E-state index is 0.164. The minimum Gasteiger partial charge on any atom is -0.381 e. The maximum atomic E-state index is 11.9. The van der Waals surface area contributed by atoms with Crippen LogP contribution in [0, 0.1) is 0 Å². The van der Waals surface area contributed by atoms with Gasteiger partial charge in [-0.3, -0.25) is 9.69 Å². The van der Waals surface area contributed by atoms with Crippen molar-refractivity contribution in [2.75, 3.05) is 33.3 Å². The summed E-state index contributed by atoms with van der Waals surface area (Å²) in [5.74, 6) is 0.164. The molecule has 0 aromatic carbocycles. The molecule has 0 atom stereocenters. The molecule has 1 amide bonds. The first-order valence-corrected chi connectivity index (χ1v) is 7.97. The normalized spacial score (nSPS) is 21.6. The summed E-state index contributed by atoms with van der Waals surface area (Å²) in [5.41, 5.74) is 1.53. The number of nitrogens with one attached hydrogen (secondary N) is 1. The summed E-state index contributed by atoms with van der Waals surface area (Å²) in [6.07, 6.45) is 10.9. The number of hydrogen-bond acceptors (Lipinski definition) is 3. The summed E-state index contributed by atoms with van der Waals surface area (Å²) >= 11 is 0. The SMILES string of the molecule is COC1CCN(CC(=O)NCCC2=CCCCC2)CC1. The quantitative estimate of drug-likeness (QED) is 0.758. The minimum absolute atomic E-state index is 0.164. The Balaban J connectivity index is 1.57. The van der Waals surface area contributed by atoms with E-state index in [1.54, 1.807) is 7.11 Å². The molecule has 0 bridgehead atoms. The van der Waals surface area contributed by atoms with Gasteiger partial charge in [-0.15, -0.1) is 0 Å². The number of methoxy groups -OCH3 is 1. The highest BCUT2D eigenvalue weighted by atomic mass is 16.5. The molecule has 4 heteroatoms. The number of rotatable bonds is 6. The fourth-order valence-electron chi connectivity index (χ4n) is 3.06. The van der Waals surface area contributed by atoms with Crippen LogP contribution in [0.15, 0.2) is 11.6 Å². The predicted molar refractivity (Wildman–Crippen MR) is 80.6 cm³/mol. The number of piperidine rings is 1. The molecule has 1 fully saturated rings. The zero-order valence-electron chi connectivity index (χ0n) is 12.7. The highest BCUT2D eigenvalue weighted by Gasteiger charge is 2.20. The molecule has 2 aliphatic rings. The summed E-state index contributed by atoms with van der Waals surface area (Å²) in [7, 11) is 1.77. The fourth-order valence-corrected chi connectivity index (χ4v) is 3.06. The van der Waals surface area contributed by atoms with Gasteiger partial charge in [-0.2, -0.15) is 0 Å². The first-order valence-electron chi connectivity index (χ1n) is 7.97. The second-order valence-electron chi connectivity index (χ2n) is 5.92. The molecule has 114 valence electrons. The first kappa shape index (κ1) is 15.5. The lowest BCUT2D eigenvalue weighted by atomic mass is 9.97. The van der Waals surface area contributed by atoms with Gasteiger partial charge in [-0.05, 0) is 44.9 Å². The van der Waals surface area contributed by atoms with Crippen molar-refractivity contribution in [3.05, 3.63) is 11.6 Å². The maximum Gasteiger partial charge on any atom is 0.234 e. The van der Waals surface area contributed by atoms with Crippen LogP contribution in [0.5, 0.6) is 0 Å². The highest BCUT2D eigenvalue weighted by Crippen LogP contribution is 2.19. The van der Waals surface area contributed by atoms with E-state index in [0.29, 0.717) is 12.6 Å². The number of allylic oxidation sites excluding steroid dienone is 1. The molecule has 2 rings (SSSR count). The van der Waals surface area contributed by atoms with E-state index in [-0.39, 0.29) is 5.91 Å². The molecule has 1 saturated heterocycles. The smallest absolute Gasteiger partial charge is 0.234 e. The van der Waals surface area contributed by atoms with Gasteiger partial charge in [0, 0.05) is 26.7 Å². The van der Waals surface area contributed by atoms with Crippen molar-refractivity contribution in [1.29, 1.82) is 0 Å². The number of carbonyl (C=O) groups excluding carboxylic acids is 1. The van der Waals surface area contributed by atoms with Crippen LogP contribution in [0.1, 0.15) is 44.9 Å². The third kappa shape index (κ3) is 5.25. The Morgan fingerprint density at radius 3 is 2.85 bits per heavy atom. The molecule has 0 radical (unpaired) electrons. The van der Waals surface area contributed by atoms with Crippen molar-refractivity contribution in [3.8, 4) is 0 Å². The Kier molecular flexibility index (Phi) is 6.54. The van der Waals surface area contributed by atoms with Crippen LogP contribution >= 0.6 is 0 Å². The van der Waals surface area contributed by atoms with E-state index < -0.39 is 0 Å². The van der Waals surface area contributed by atoms with Crippen molar-refractivity contribution in [2.45, 2.75) is 51.0 Å². The van der Waals surface area contributed by atoms with Crippen molar-refractivity contribution in [3.63, 3.8) is 0 Å². The number of hydrogen-bond donors (Lipinski definition) is 1. The third-order valence-electron chi connectivity index (χ3n) is 4.39. The van der Waals surface area contributed by atoms with E-state index >= 15 is 0 Å². The van der Waals surface area contributed by atoms with Gasteiger partial charge in [0.2, 0.25) is 5.91 Å². The van der Waals surface area contributed by atoms with E-state index in [1.165, 1.54) is 31.3 Å². The standard InChI is InChI=1S/C16H28N2O2/c1-20-15-8-11-18(12-9-15)13-16(19)17-10-7-14-5-3-2-4-6-14/h5,15H,2-4,6-13H2,1H3,(H,17,19). The molecular weight excluding hydrogens is 252 g/mol. The highest BCUT2D eigenvalue weighted by molar-refractivity contribution is 5.78. The van der Waals surface area contributed by atoms with Gasteiger partial charge in [-0.25, -0.2) is 0 Å². The number of likely N-dealkylation sites (tertiary alicyclic amines) is 1. The van der Waals surface area contributed by atoms with E-state index in [1.807, 2.05) is 0 Å². The van der Waals surface area contributed by atoms with E-state index in [9.17, 15) is 4.79 Å². The molecule has 4 nitrogen and oxygen atoms in total. The van der Waals surface area contributed by atoms with Crippen LogP contribution in [0.4, 0.5) is 0 Å². The zero-order chi connectivity index (χ0) is 14.2. The lowest BCUT2D eigenvalue weighted by molar-refractivity contribution is -0.122.